The van der Waals surface area contributed by atoms with Crippen LogP contribution in [0.15, 0.2) is 34.1 Å². The molecule has 1 N–H and O–H groups in total. The van der Waals surface area contributed by atoms with Gasteiger partial charge in [-0.15, -0.1) is 0 Å². The molecule has 0 radical (unpaired) electrons. The minimum atomic E-state index is -0.249. The molecule has 1 saturated heterocycles. The van der Waals surface area contributed by atoms with Crippen LogP contribution in [-0.2, 0) is 14.3 Å². The van der Waals surface area contributed by atoms with Crippen LogP contribution in [0, 0.1) is 0 Å². The molecule has 3 heterocycles. The van der Waals surface area contributed by atoms with Crippen LogP contribution in [0.25, 0.3) is 11.7 Å². The number of methoxy groups -OCH3 is 1. The Hall–Kier alpha value is -2.27. The minimum absolute atomic E-state index is 0.166. The number of ether oxygens (including phenoxy) is 2. The molecule has 0 aliphatic carbocycles. The first kappa shape index (κ1) is 24.4. The first-order valence-corrected chi connectivity index (χ1v) is 11.8. The molecule has 32 heavy (non-hydrogen) atoms. The summed E-state index contributed by atoms with van der Waals surface area (Å²) in [6.07, 6.45) is 4.87. The number of pyridine rings is 1. The molecule has 1 fully saturated rings. The molecule has 3 rings (SSSR count). The molecule has 0 aromatic carbocycles. The van der Waals surface area contributed by atoms with Crippen molar-refractivity contribution in [2.45, 2.75) is 32.8 Å². The first-order valence-electron chi connectivity index (χ1n) is 10.5. The SMILES string of the molecule is COCCCN1C(=O)/C(=C/c2c(NCCCOC(C)C)nc3ccccn3c2=O)SC1=S. The highest BCUT2D eigenvalue weighted by Crippen LogP contribution is 2.33. The minimum Gasteiger partial charge on any atom is -0.385 e. The molecule has 0 unspecified atom stereocenters. The quantitative estimate of drug-likeness (QED) is 0.301. The third kappa shape index (κ3) is 5.94. The van der Waals surface area contributed by atoms with Gasteiger partial charge in [-0.1, -0.05) is 30.0 Å². The summed E-state index contributed by atoms with van der Waals surface area (Å²) in [5.41, 5.74) is 0.611. The maximum atomic E-state index is 13.2. The van der Waals surface area contributed by atoms with E-state index in [2.05, 4.69) is 10.3 Å². The van der Waals surface area contributed by atoms with Crippen molar-refractivity contribution in [1.29, 1.82) is 0 Å². The van der Waals surface area contributed by atoms with Gasteiger partial charge in [-0.25, -0.2) is 4.98 Å². The van der Waals surface area contributed by atoms with Crippen LogP contribution in [0.5, 0.6) is 0 Å². The van der Waals surface area contributed by atoms with Crippen molar-refractivity contribution < 1.29 is 14.3 Å². The predicted octanol–water partition coefficient (Wildman–Crippen LogP) is 3.16. The number of hydrogen-bond donors (Lipinski definition) is 1. The number of nitrogens with zero attached hydrogens (tertiary/aromatic N) is 3. The average Bonchev–Trinajstić information content (AvgIpc) is 3.03. The fourth-order valence-electron chi connectivity index (χ4n) is 3.16. The Morgan fingerprint density at radius 3 is 2.81 bits per heavy atom. The lowest BCUT2D eigenvalue weighted by atomic mass is 10.2. The molecular weight excluding hydrogens is 448 g/mol. The summed E-state index contributed by atoms with van der Waals surface area (Å²) in [5, 5.41) is 3.24. The summed E-state index contributed by atoms with van der Waals surface area (Å²) in [6.45, 7) is 6.19. The fraction of sp³-hybridized carbons (Fsp3) is 0.455. The Labute approximate surface area is 197 Å². The Balaban J connectivity index is 1.88. The Morgan fingerprint density at radius 1 is 1.25 bits per heavy atom. The van der Waals surface area contributed by atoms with Crippen LogP contribution < -0.4 is 10.9 Å². The standard InChI is InChI=1S/C22H28N4O4S2/c1-15(2)30-13-6-9-23-19-16(20(27)25-10-5-4-8-18(25)24-19)14-17-21(28)26(22(31)32-17)11-7-12-29-3/h4-5,8,10,14-15,23H,6-7,9,11-13H2,1-3H3/b17-14-. The predicted molar refractivity (Wildman–Crippen MR) is 132 cm³/mol. The number of hydrogen-bond acceptors (Lipinski definition) is 8. The largest absolute Gasteiger partial charge is 0.385 e. The second kappa shape index (κ2) is 11.6. The molecule has 0 saturated carbocycles. The van der Waals surface area contributed by atoms with Crippen molar-refractivity contribution in [3.63, 3.8) is 0 Å². The van der Waals surface area contributed by atoms with Gasteiger partial charge in [0.05, 0.1) is 16.6 Å². The number of amides is 1. The zero-order valence-electron chi connectivity index (χ0n) is 18.5. The maximum absolute atomic E-state index is 13.2. The van der Waals surface area contributed by atoms with Gasteiger partial charge in [-0.2, -0.15) is 0 Å². The van der Waals surface area contributed by atoms with Crippen LogP contribution >= 0.6 is 24.0 Å². The molecule has 1 aliphatic heterocycles. The lowest BCUT2D eigenvalue weighted by Gasteiger charge is -2.13. The van der Waals surface area contributed by atoms with E-state index in [4.69, 9.17) is 21.7 Å². The van der Waals surface area contributed by atoms with Crippen LogP contribution in [-0.4, -0.2) is 64.0 Å². The topological polar surface area (TPSA) is 85.2 Å². The molecule has 8 nitrogen and oxygen atoms in total. The van der Waals surface area contributed by atoms with E-state index in [0.29, 0.717) is 59.0 Å². The van der Waals surface area contributed by atoms with E-state index in [1.807, 2.05) is 19.9 Å². The lowest BCUT2D eigenvalue weighted by molar-refractivity contribution is -0.122. The Bertz CT molecular complexity index is 1070. The van der Waals surface area contributed by atoms with Gasteiger partial charge >= 0.3 is 0 Å². The number of thiocarbonyl (C=S) groups is 1. The van der Waals surface area contributed by atoms with Gasteiger partial charge < -0.3 is 14.8 Å². The average molecular weight is 477 g/mol. The van der Waals surface area contributed by atoms with E-state index >= 15 is 0 Å². The van der Waals surface area contributed by atoms with Gasteiger partial charge in [0.25, 0.3) is 11.5 Å². The summed E-state index contributed by atoms with van der Waals surface area (Å²) in [7, 11) is 1.62. The molecule has 0 atom stereocenters. The molecule has 0 bridgehead atoms. The highest BCUT2D eigenvalue weighted by molar-refractivity contribution is 8.26. The van der Waals surface area contributed by atoms with E-state index < -0.39 is 0 Å². The smallest absolute Gasteiger partial charge is 0.267 e. The van der Waals surface area contributed by atoms with Crippen molar-refractivity contribution in [1.82, 2.24) is 14.3 Å². The molecule has 172 valence electrons. The number of aromatic nitrogens is 2. The number of nitrogens with one attached hydrogen (secondary N) is 1. The zero-order valence-corrected chi connectivity index (χ0v) is 20.1. The molecule has 1 aliphatic rings. The van der Waals surface area contributed by atoms with E-state index in [-0.39, 0.29) is 17.6 Å². The molecule has 1 amide bonds. The third-order valence-corrected chi connectivity index (χ3v) is 6.09. The van der Waals surface area contributed by atoms with Gasteiger partial charge in [0, 0.05) is 39.6 Å². The van der Waals surface area contributed by atoms with Gasteiger partial charge in [0.1, 0.15) is 15.8 Å². The molecule has 10 heteroatoms. The normalized spacial score (nSPS) is 15.5. The van der Waals surface area contributed by atoms with E-state index in [1.165, 1.54) is 16.2 Å². The number of carbonyl (C=O) groups is 1. The summed E-state index contributed by atoms with van der Waals surface area (Å²) in [6, 6.07) is 5.37. The van der Waals surface area contributed by atoms with E-state index in [9.17, 15) is 9.59 Å². The van der Waals surface area contributed by atoms with Crippen molar-refractivity contribution in [2.75, 3.05) is 38.7 Å². The maximum Gasteiger partial charge on any atom is 0.267 e. The molecule has 2 aromatic rings. The summed E-state index contributed by atoms with van der Waals surface area (Å²) in [5.74, 6) is 0.236. The number of fused-ring (bicyclic) bond motifs is 1. The summed E-state index contributed by atoms with van der Waals surface area (Å²) < 4.78 is 12.6. The van der Waals surface area contributed by atoms with E-state index in [0.717, 1.165) is 6.42 Å². The van der Waals surface area contributed by atoms with Gasteiger partial charge in [-0.05, 0) is 44.9 Å². The first-order chi connectivity index (χ1) is 15.4. The number of carbonyl (C=O) groups excluding carboxylic acids is 1. The second-order valence-electron chi connectivity index (χ2n) is 7.49. The molecular formula is C22H28N4O4S2. The second-order valence-corrected chi connectivity index (χ2v) is 9.16. The van der Waals surface area contributed by atoms with Gasteiger partial charge in [0.15, 0.2) is 0 Å². The van der Waals surface area contributed by atoms with Crippen molar-refractivity contribution in [2.24, 2.45) is 0 Å². The Kier molecular flexibility index (Phi) is 8.80. The van der Waals surface area contributed by atoms with Crippen LogP contribution in [0.2, 0.25) is 0 Å². The number of anilines is 1. The van der Waals surface area contributed by atoms with Crippen molar-refractivity contribution in [3.8, 4) is 0 Å². The summed E-state index contributed by atoms with van der Waals surface area (Å²) in [4.78, 5) is 32.7. The zero-order chi connectivity index (χ0) is 23.1. The van der Waals surface area contributed by atoms with Crippen LogP contribution in [0.4, 0.5) is 5.82 Å². The van der Waals surface area contributed by atoms with E-state index in [1.54, 1.807) is 36.4 Å². The number of rotatable bonds is 11. The molecule has 0 spiro atoms. The van der Waals surface area contributed by atoms with Crippen LogP contribution in [0.1, 0.15) is 32.3 Å². The highest BCUT2D eigenvalue weighted by atomic mass is 32.2. The fourth-order valence-corrected chi connectivity index (χ4v) is 4.45. The van der Waals surface area contributed by atoms with Crippen molar-refractivity contribution in [3.05, 3.63) is 45.2 Å². The number of thioether (sulfide) groups is 1. The van der Waals surface area contributed by atoms with Crippen LogP contribution in [0.3, 0.4) is 0 Å². The third-order valence-electron chi connectivity index (χ3n) is 4.71. The summed E-state index contributed by atoms with van der Waals surface area (Å²) >= 11 is 6.58. The van der Waals surface area contributed by atoms with Gasteiger partial charge in [-0.3, -0.25) is 18.9 Å². The monoisotopic (exact) mass is 476 g/mol. The van der Waals surface area contributed by atoms with Crippen molar-refractivity contribution >= 4 is 51.7 Å². The Morgan fingerprint density at radius 2 is 2.06 bits per heavy atom. The molecule has 2 aromatic heterocycles. The highest BCUT2D eigenvalue weighted by Gasteiger charge is 2.32. The lowest BCUT2D eigenvalue weighted by Crippen LogP contribution is -2.29. The van der Waals surface area contributed by atoms with Gasteiger partial charge in [0.2, 0.25) is 0 Å².